The van der Waals surface area contributed by atoms with Crippen LogP contribution in [0.4, 0.5) is 33.2 Å². The molecule has 0 saturated carbocycles. The highest BCUT2D eigenvalue weighted by Crippen LogP contribution is 2.38. The molecule has 0 unspecified atom stereocenters. The zero-order valence-electron chi connectivity index (χ0n) is 25.1. The van der Waals surface area contributed by atoms with E-state index >= 15 is 0 Å². The van der Waals surface area contributed by atoms with E-state index in [4.69, 9.17) is 9.47 Å². The van der Waals surface area contributed by atoms with E-state index in [-0.39, 0.29) is 11.8 Å². The van der Waals surface area contributed by atoms with Crippen molar-refractivity contribution >= 4 is 41.3 Å². The molecule has 2 aliphatic rings. The van der Waals surface area contributed by atoms with Crippen LogP contribution in [0, 0.1) is 5.82 Å². The number of rotatable bonds is 9. The van der Waals surface area contributed by atoms with E-state index in [1.807, 2.05) is 12.1 Å². The zero-order valence-corrected chi connectivity index (χ0v) is 26.0. The molecule has 0 atom stereocenters. The molecule has 0 aliphatic carbocycles. The number of aromatic nitrogens is 2. The summed E-state index contributed by atoms with van der Waals surface area (Å²) < 4.78 is 38.4. The van der Waals surface area contributed by atoms with Crippen LogP contribution in [-0.2, 0) is 4.57 Å². The zero-order chi connectivity index (χ0) is 29.9. The van der Waals surface area contributed by atoms with Crippen LogP contribution in [0.2, 0.25) is 0 Å². The summed E-state index contributed by atoms with van der Waals surface area (Å²) in [5, 5.41) is 6.82. The lowest BCUT2D eigenvalue weighted by Crippen LogP contribution is -2.52. The first-order chi connectivity index (χ1) is 20.1. The number of benzene rings is 2. The molecule has 2 aliphatic heterocycles. The Balaban J connectivity index is 1.27. The van der Waals surface area contributed by atoms with Crippen LogP contribution in [0.15, 0.2) is 42.6 Å². The van der Waals surface area contributed by atoms with E-state index in [0.717, 1.165) is 64.0 Å². The molecule has 10 nitrogen and oxygen atoms in total. The van der Waals surface area contributed by atoms with Crippen molar-refractivity contribution in [1.82, 2.24) is 19.8 Å². The first-order valence-corrected chi connectivity index (χ1v) is 16.9. The van der Waals surface area contributed by atoms with E-state index in [1.54, 1.807) is 38.6 Å². The molecule has 226 valence electrons. The molecule has 5 rings (SSSR count). The SMILES string of the molecule is COc1cc(N2CCC(N3CCN(C)CC3)CC2)ccc1Nc1ncc(F)c(Nc2ccc(P(C)(C)=O)cc2OC)n1. The molecule has 3 aromatic rings. The van der Waals surface area contributed by atoms with Crippen molar-refractivity contribution < 1.29 is 18.4 Å². The van der Waals surface area contributed by atoms with E-state index in [0.29, 0.717) is 34.2 Å². The second-order valence-corrected chi connectivity index (χ2v) is 14.5. The van der Waals surface area contributed by atoms with E-state index in [1.165, 1.54) is 7.11 Å². The third kappa shape index (κ3) is 6.97. The molecule has 42 heavy (non-hydrogen) atoms. The van der Waals surface area contributed by atoms with Gasteiger partial charge in [0.15, 0.2) is 11.6 Å². The first kappa shape index (κ1) is 30.1. The van der Waals surface area contributed by atoms with Gasteiger partial charge in [-0.2, -0.15) is 4.98 Å². The second kappa shape index (κ2) is 12.9. The molecule has 1 aromatic heterocycles. The number of methoxy groups -OCH3 is 2. The van der Waals surface area contributed by atoms with Crippen LogP contribution in [0.25, 0.3) is 0 Å². The number of anilines is 5. The molecular weight excluding hydrogens is 556 g/mol. The summed E-state index contributed by atoms with van der Waals surface area (Å²) >= 11 is 0. The lowest BCUT2D eigenvalue weighted by atomic mass is 10.0. The highest BCUT2D eigenvalue weighted by molar-refractivity contribution is 7.70. The van der Waals surface area contributed by atoms with Crippen LogP contribution in [0.5, 0.6) is 11.5 Å². The number of ether oxygens (including phenoxy) is 2. The van der Waals surface area contributed by atoms with Gasteiger partial charge in [-0.15, -0.1) is 0 Å². The molecule has 0 amide bonds. The van der Waals surface area contributed by atoms with E-state index in [9.17, 15) is 8.96 Å². The predicted molar refractivity (Wildman–Crippen MR) is 168 cm³/mol. The topological polar surface area (TPSA) is 95.1 Å². The lowest BCUT2D eigenvalue weighted by Gasteiger charge is -2.42. The Hall–Kier alpha value is -3.40. The molecular formula is C30H41FN7O3P. The summed E-state index contributed by atoms with van der Waals surface area (Å²) in [6, 6.07) is 11.8. The summed E-state index contributed by atoms with van der Waals surface area (Å²) in [6.45, 7) is 9.97. The number of piperazine rings is 1. The average molecular weight is 598 g/mol. The molecule has 2 fully saturated rings. The number of nitrogens with zero attached hydrogens (tertiary/aromatic N) is 5. The van der Waals surface area contributed by atoms with E-state index < -0.39 is 13.0 Å². The predicted octanol–water partition coefficient (Wildman–Crippen LogP) is 4.58. The van der Waals surface area contributed by atoms with Crippen molar-refractivity contribution in [2.24, 2.45) is 0 Å². The van der Waals surface area contributed by atoms with Gasteiger partial charge >= 0.3 is 0 Å². The summed E-state index contributed by atoms with van der Waals surface area (Å²) in [5.74, 6) is 0.657. The molecule has 2 saturated heterocycles. The first-order valence-electron chi connectivity index (χ1n) is 14.3. The molecule has 0 bridgehead atoms. The maximum Gasteiger partial charge on any atom is 0.229 e. The standard InChI is InChI=1S/C30H41FN7O3P/c1-36-14-16-38(17-15-36)21-10-12-37(13-11-21)22-6-8-26(27(18-22)40-2)34-30-32-20-24(31)29(35-30)33-25-9-7-23(42(4,5)39)19-28(25)41-3/h6-9,18-21H,10-17H2,1-5H3,(H2,32,33,34,35). The highest BCUT2D eigenvalue weighted by atomic mass is 31.2. The van der Waals surface area contributed by atoms with Gasteiger partial charge in [-0.05, 0) is 63.6 Å². The van der Waals surface area contributed by atoms with E-state index in [2.05, 4.69) is 48.4 Å². The van der Waals surface area contributed by atoms with Crippen molar-refractivity contribution in [2.45, 2.75) is 18.9 Å². The van der Waals surface area contributed by atoms with Crippen molar-refractivity contribution in [3.8, 4) is 11.5 Å². The Kier molecular flexibility index (Phi) is 9.20. The normalized spacial score (nSPS) is 17.2. The van der Waals surface area contributed by atoms with Crippen LogP contribution in [-0.4, -0.2) is 99.7 Å². The van der Waals surface area contributed by atoms with Gasteiger partial charge in [0.05, 0.1) is 31.8 Å². The fourth-order valence-electron chi connectivity index (χ4n) is 5.54. The maximum absolute atomic E-state index is 14.7. The minimum Gasteiger partial charge on any atom is -0.495 e. The molecule has 3 heterocycles. The van der Waals surface area contributed by atoms with Gasteiger partial charge in [-0.3, -0.25) is 4.90 Å². The Morgan fingerprint density at radius 3 is 2.21 bits per heavy atom. The van der Waals surface area contributed by atoms with Crippen LogP contribution >= 0.6 is 7.14 Å². The Morgan fingerprint density at radius 2 is 1.55 bits per heavy atom. The molecule has 2 aromatic carbocycles. The van der Waals surface area contributed by atoms with Gasteiger partial charge in [0.25, 0.3) is 0 Å². The summed E-state index contributed by atoms with van der Waals surface area (Å²) in [7, 11) is 2.85. The lowest BCUT2D eigenvalue weighted by molar-refractivity contribution is 0.0982. The van der Waals surface area contributed by atoms with Crippen LogP contribution in [0.3, 0.4) is 0 Å². The highest BCUT2D eigenvalue weighted by Gasteiger charge is 2.27. The van der Waals surface area contributed by atoms with Crippen molar-refractivity contribution in [1.29, 1.82) is 0 Å². The van der Waals surface area contributed by atoms with Gasteiger partial charge in [-0.25, -0.2) is 9.37 Å². The fourth-order valence-corrected chi connectivity index (χ4v) is 6.40. The van der Waals surface area contributed by atoms with Crippen LogP contribution in [0.1, 0.15) is 12.8 Å². The number of piperidine rings is 1. The molecule has 12 heteroatoms. The third-order valence-corrected chi connectivity index (χ3v) is 9.64. The number of likely N-dealkylation sites (N-methyl/N-ethyl adjacent to an activating group) is 1. The number of hydrogen-bond acceptors (Lipinski definition) is 10. The third-order valence-electron chi connectivity index (χ3n) is 8.12. The number of hydrogen-bond donors (Lipinski definition) is 2. The number of nitrogens with one attached hydrogen (secondary N) is 2. The minimum atomic E-state index is -2.48. The minimum absolute atomic E-state index is 0.0199. The number of halogens is 1. The van der Waals surface area contributed by atoms with Crippen molar-refractivity contribution in [3.63, 3.8) is 0 Å². The van der Waals surface area contributed by atoms with Gasteiger partial charge in [0.1, 0.15) is 18.6 Å². The molecule has 0 radical (unpaired) electrons. The quantitative estimate of drug-likeness (QED) is 0.341. The van der Waals surface area contributed by atoms with Gasteiger partial charge in [0, 0.05) is 62.4 Å². The smallest absolute Gasteiger partial charge is 0.229 e. The van der Waals surface area contributed by atoms with Gasteiger partial charge in [0.2, 0.25) is 5.95 Å². The largest absolute Gasteiger partial charge is 0.495 e. The van der Waals surface area contributed by atoms with Gasteiger partial charge < -0.3 is 34.5 Å². The second-order valence-electron chi connectivity index (χ2n) is 11.3. The van der Waals surface area contributed by atoms with Crippen molar-refractivity contribution in [2.75, 3.05) is 89.4 Å². The summed E-state index contributed by atoms with van der Waals surface area (Å²) in [6.07, 6.45) is 3.40. The summed E-state index contributed by atoms with van der Waals surface area (Å²) in [4.78, 5) is 15.9. The summed E-state index contributed by atoms with van der Waals surface area (Å²) in [5.41, 5.74) is 2.28. The molecule has 0 spiro atoms. The fraction of sp³-hybridized carbons (Fsp3) is 0.467. The van der Waals surface area contributed by atoms with Crippen LogP contribution < -0.4 is 30.3 Å². The van der Waals surface area contributed by atoms with Crippen molar-refractivity contribution in [3.05, 3.63) is 48.4 Å². The average Bonchev–Trinajstić information content (AvgIpc) is 2.99. The Morgan fingerprint density at radius 1 is 0.905 bits per heavy atom. The molecule has 2 N–H and O–H groups in total. The Labute approximate surface area is 247 Å². The monoisotopic (exact) mass is 597 g/mol. The van der Waals surface area contributed by atoms with Gasteiger partial charge in [-0.1, -0.05) is 0 Å². The maximum atomic E-state index is 14.7. The Bertz CT molecular complexity index is 1440.